The number of aryl methyl sites for hydroxylation is 2. The van der Waals surface area contributed by atoms with Gasteiger partial charge in [0, 0.05) is 16.9 Å². The maximum absolute atomic E-state index is 12.1. The van der Waals surface area contributed by atoms with Gasteiger partial charge in [0.2, 0.25) is 0 Å². The zero-order chi connectivity index (χ0) is 17.6. The number of carbonyl (C=O) groups is 1. The average molecular weight is 367 g/mol. The highest BCUT2D eigenvalue weighted by molar-refractivity contribution is 8.16. The van der Waals surface area contributed by atoms with Gasteiger partial charge in [-0.3, -0.25) is 4.79 Å². The Labute approximate surface area is 147 Å². The molecule has 2 unspecified atom stereocenters. The summed E-state index contributed by atoms with van der Waals surface area (Å²) in [5.41, 5.74) is 3.22. The number of amidine groups is 1. The van der Waals surface area contributed by atoms with E-state index in [0.29, 0.717) is 5.17 Å². The quantitative estimate of drug-likeness (QED) is 0.805. The fourth-order valence-electron chi connectivity index (χ4n) is 2.97. The zero-order valence-electron chi connectivity index (χ0n) is 14.3. The first-order chi connectivity index (χ1) is 11.2. The van der Waals surface area contributed by atoms with Crippen molar-refractivity contribution in [1.82, 2.24) is 0 Å². The van der Waals surface area contributed by atoms with Gasteiger partial charge in [-0.2, -0.15) is 4.99 Å². The number of hydrogen-bond acceptors (Lipinski definition) is 4. The van der Waals surface area contributed by atoms with Crippen molar-refractivity contribution in [2.75, 3.05) is 16.4 Å². The maximum atomic E-state index is 12.1. The smallest absolute Gasteiger partial charge is 0.250 e. The van der Waals surface area contributed by atoms with Crippen molar-refractivity contribution in [3.63, 3.8) is 0 Å². The number of amides is 1. The van der Waals surface area contributed by atoms with Gasteiger partial charge in [0.15, 0.2) is 15.0 Å². The monoisotopic (exact) mass is 366 g/mol. The van der Waals surface area contributed by atoms with Crippen molar-refractivity contribution < 1.29 is 13.2 Å². The summed E-state index contributed by atoms with van der Waals surface area (Å²) in [6.45, 7) is 7.70. The Balaban J connectivity index is 2.04. The third kappa shape index (κ3) is 3.24. The lowest BCUT2D eigenvalue weighted by Crippen LogP contribution is -2.37. The van der Waals surface area contributed by atoms with Crippen molar-refractivity contribution >= 4 is 38.4 Å². The van der Waals surface area contributed by atoms with E-state index in [1.54, 1.807) is 0 Å². The van der Waals surface area contributed by atoms with E-state index in [9.17, 15) is 13.2 Å². The number of anilines is 1. The number of hydrogen-bond donors (Lipinski definition) is 0. The van der Waals surface area contributed by atoms with Gasteiger partial charge in [-0.05, 0) is 37.1 Å². The van der Waals surface area contributed by atoms with E-state index >= 15 is 0 Å². The molecule has 1 aromatic rings. The van der Waals surface area contributed by atoms with Crippen LogP contribution in [0.5, 0.6) is 0 Å². The summed E-state index contributed by atoms with van der Waals surface area (Å²) in [6.07, 6.45) is 0. The number of sulfone groups is 1. The summed E-state index contributed by atoms with van der Waals surface area (Å²) in [6, 6.07) is 5.89. The predicted molar refractivity (Wildman–Crippen MR) is 99.5 cm³/mol. The van der Waals surface area contributed by atoms with E-state index < -0.39 is 9.84 Å². The molecule has 2 fully saturated rings. The normalized spacial score (nSPS) is 27.0. The molecule has 1 aromatic carbocycles. The second-order valence-corrected chi connectivity index (χ2v) is 10.2. The summed E-state index contributed by atoms with van der Waals surface area (Å²) >= 11 is 1.42. The third-order valence-electron chi connectivity index (χ3n) is 4.53. The summed E-state index contributed by atoms with van der Waals surface area (Å²) in [5.74, 6) is -0.0801. The van der Waals surface area contributed by atoms with Gasteiger partial charge in [0.1, 0.15) is 0 Å². The Bertz CT molecular complexity index is 815. The fourth-order valence-corrected chi connectivity index (χ4v) is 6.88. The number of rotatable bonds is 2. The summed E-state index contributed by atoms with van der Waals surface area (Å²) in [5, 5.41) is 0.567. The molecule has 2 aliphatic heterocycles. The SMILES string of the molecule is Cc1ccc(N2C(=NC(=O)C(C)C)SC3CS(=O)(=O)CC32)cc1C. The third-order valence-corrected chi connectivity index (χ3v) is 7.74. The Morgan fingerprint density at radius 1 is 1.25 bits per heavy atom. The van der Waals surface area contributed by atoms with Crippen LogP contribution in [0.15, 0.2) is 23.2 Å². The zero-order valence-corrected chi connectivity index (χ0v) is 15.9. The maximum Gasteiger partial charge on any atom is 0.250 e. The predicted octanol–water partition coefficient (Wildman–Crippen LogP) is 2.56. The van der Waals surface area contributed by atoms with Gasteiger partial charge < -0.3 is 4.90 Å². The first kappa shape index (κ1) is 17.5. The number of fused-ring (bicyclic) bond motifs is 1. The summed E-state index contributed by atoms with van der Waals surface area (Å²) in [4.78, 5) is 18.3. The Morgan fingerprint density at radius 2 is 1.96 bits per heavy atom. The minimum Gasteiger partial charge on any atom is -0.316 e. The lowest BCUT2D eigenvalue weighted by molar-refractivity contribution is -0.120. The molecule has 0 aromatic heterocycles. The molecule has 2 aliphatic rings. The van der Waals surface area contributed by atoms with Crippen LogP contribution in [-0.4, -0.2) is 42.3 Å². The van der Waals surface area contributed by atoms with E-state index in [1.807, 2.05) is 50.8 Å². The van der Waals surface area contributed by atoms with E-state index in [4.69, 9.17) is 0 Å². The minimum atomic E-state index is -3.04. The largest absolute Gasteiger partial charge is 0.316 e. The Morgan fingerprint density at radius 3 is 2.58 bits per heavy atom. The molecule has 0 bridgehead atoms. The fraction of sp³-hybridized carbons (Fsp3) is 0.529. The number of benzene rings is 1. The molecule has 0 saturated carbocycles. The van der Waals surface area contributed by atoms with Crippen LogP contribution in [0.1, 0.15) is 25.0 Å². The van der Waals surface area contributed by atoms with E-state index in [1.165, 1.54) is 17.3 Å². The van der Waals surface area contributed by atoms with Gasteiger partial charge in [-0.25, -0.2) is 8.42 Å². The molecule has 3 rings (SSSR count). The first-order valence-electron chi connectivity index (χ1n) is 8.04. The lowest BCUT2D eigenvalue weighted by Gasteiger charge is -2.25. The molecule has 2 saturated heterocycles. The van der Waals surface area contributed by atoms with Gasteiger partial charge >= 0.3 is 0 Å². The van der Waals surface area contributed by atoms with Crippen LogP contribution in [0.25, 0.3) is 0 Å². The second-order valence-electron chi connectivity index (χ2n) is 6.83. The van der Waals surface area contributed by atoms with Crippen molar-refractivity contribution in [2.45, 2.75) is 39.0 Å². The highest BCUT2D eigenvalue weighted by Gasteiger charge is 2.49. The summed E-state index contributed by atoms with van der Waals surface area (Å²) in [7, 11) is -3.04. The molecule has 24 heavy (non-hydrogen) atoms. The molecule has 0 aliphatic carbocycles. The van der Waals surface area contributed by atoms with Crippen LogP contribution >= 0.6 is 11.8 Å². The van der Waals surface area contributed by atoms with Crippen molar-refractivity contribution in [2.24, 2.45) is 10.9 Å². The van der Waals surface area contributed by atoms with Crippen LogP contribution in [0.2, 0.25) is 0 Å². The van der Waals surface area contributed by atoms with Gasteiger partial charge in [0.25, 0.3) is 5.91 Å². The van der Waals surface area contributed by atoms with E-state index in [2.05, 4.69) is 4.99 Å². The van der Waals surface area contributed by atoms with E-state index in [-0.39, 0.29) is 34.6 Å². The first-order valence-corrected chi connectivity index (χ1v) is 10.7. The molecule has 1 amide bonds. The molecule has 0 radical (unpaired) electrons. The van der Waals surface area contributed by atoms with Crippen molar-refractivity contribution in [1.29, 1.82) is 0 Å². The Hall–Kier alpha value is -1.34. The standard InChI is InChI=1S/C17H22N2O3S2/c1-10(2)16(20)18-17-19(13-6-5-11(3)12(4)7-13)14-8-24(21,22)9-15(14)23-17/h5-7,10,14-15H,8-9H2,1-4H3. The second kappa shape index (κ2) is 6.19. The molecule has 2 heterocycles. The number of thioether (sulfide) groups is 1. The number of nitrogens with zero attached hydrogens (tertiary/aromatic N) is 2. The van der Waals surface area contributed by atoms with Crippen LogP contribution in [0.3, 0.4) is 0 Å². The van der Waals surface area contributed by atoms with Gasteiger partial charge in [0.05, 0.1) is 17.5 Å². The highest BCUT2D eigenvalue weighted by Crippen LogP contribution is 2.41. The molecular weight excluding hydrogens is 344 g/mol. The molecule has 7 heteroatoms. The molecule has 130 valence electrons. The van der Waals surface area contributed by atoms with Crippen LogP contribution in [0, 0.1) is 19.8 Å². The molecular formula is C17H22N2O3S2. The van der Waals surface area contributed by atoms with Gasteiger partial charge in [-0.1, -0.05) is 31.7 Å². The minimum absolute atomic E-state index is 0.0599. The topological polar surface area (TPSA) is 66.8 Å². The van der Waals surface area contributed by atoms with Crippen molar-refractivity contribution in [3.8, 4) is 0 Å². The molecule has 0 N–H and O–H groups in total. The molecule has 2 atom stereocenters. The van der Waals surface area contributed by atoms with Crippen LogP contribution in [0.4, 0.5) is 5.69 Å². The number of aliphatic imine (C=N–C) groups is 1. The van der Waals surface area contributed by atoms with Crippen molar-refractivity contribution in [3.05, 3.63) is 29.3 Å². The summed E-state index contributed by atoms with van der Waals surface area (Å²) < 4.78 is 24.1. The average Bonchev–Trinajstić information content (AvgIpc) is 2.93. The van der Waals surface area contributed by atoms with E-state index in [0.717, 1.165) is 11.3 Å². The molecule has 0 spiro atoms. The Kier molecular flexibility index (Phi) is 4.51. The molecule has 5 nitrogen and oxygen atoms in total. The van der Waals surface area contributed by atoms with Gasteiger partial charge in [-0.15, -0.1) is 0 Å². The lowest BCUT2D eigenvalue weighted by atomic mass is 10.1. The van der Waals surface area contributed by atoms with Crippen LogP contribution in [-0.2, 0) is 14.6 Å². The van der Waals surface area contributed by atoms with Crippen LogP contribution < -0.4 is 4.90 Å². The number of carbonyl (C=O) groups excluding carboxylic acids is 1. The highest BCUT2D eigenvalue weighted by atomic mass is 32.2.